The number of piperidine rings is 1. The maximum atomic E-state index is 13.0. The van der Waals surface area contributed by atoms with Gasteiger partial charge in [-0.2, -0.15) is 0 Å². The summed E-state index contributed by atoms with van der Waals surface area (Å²) in [4.78, 5) is 26.5. The second-order valence-corrected chi connectivity index (χ2v) is 6.62. The Kier molecular flexibility index (Phi) is 7.63. The van der Waals surface area contributed by atoms with Crippen molar-refractivity contribution in [3.05, 3.63) is 0 Å². The molecule has 1 saturated carbocycles. The standard InChI is InChI=1S/C16H29N3O2.ClH/c1-13(20)18-16(8-4-3-5-9-16)15(21)19-10-6-14(7-11-19)12-17-2;/h14,17H,3-12H2,1-2H3,(H,18,20);1H. The third-order valence-corrected chi connectivity index (χ3v) is 4.93. The van der Waals surface area contributed by atoms with Gasteiger partial charge in [0.15, 0.2) is 0 Å². The molecule has 2 amide bonds. The van der Waals surface area contributed by atoms with E-state index in [4.69, 9.17) is 0 Å². The summed E-state index contributed by atoms with van der Waals surface area (Å²) in [6.07, 6.45) is 6.93. The molecule has 1 aliphatic heterocycles. The topological polar surface area (TPSA) is 61.4 Å². The molecule has 0 bridgehead atoms. The average molecular weight is 332 g/mol. The smallest absolute Gasteiger partial charge is 0.248 e. The number of halogens is 1. The van der Waals surface area contributed by atoms with Crippen LogP contribution in [-0.2, 0) is 9.59 Å². The van der Waals surface area contributed by atoms with Crippen LogP contribution in [0.15, 0.2) is 0 Å². The van der Waals surface area contributed by atoms with Gasteiger partial charge in [0, 0.05) is 20.0 Å². The van der Waals surface area contributed by atoms with Gasteiger partial charge in [0.25, 0.3) is 0 Å². The molecule has 1 aliphatic carbocycles. The number of rotatable bonds is 4. The number of carbonyl (C=O) groups is 2. The van der Waals surface area contributed by atoms with E-state index >= 15 is 0 Å². The van der Waals surface area contributed by atoms with Crippen LogP contribution in [0.4, 0.5) is 0 Å². The van der Waals surface area contributed by atoms with Crippen molar-refractivity contribution in [3.63, 3.8) is 0 Å². The molecule has 6 heteroatoms. The SMILES string of the molecule is CNCC1CCN(C(=O)C2(NC(C)=O)CCCCC2)CC1.Cl. The predicted molar refractivity (Wildman–Crippen MR) is 90.1 cm³/mol. The molecule has 0 unspecified atom stereocenters. The molecule has 0 spiro atoms. The molecule has 2 aliphatic rings. The third-order valence-electron chi connectivity index (χ3n) is 4.93. The predicted octanol–water partition coefficient (Wildman–Crippen LogP) is 1.71. The highest BCUT2D eigenvalue weighted by atomic mass is 35.5. The Bertz CT molecular complexity index is 376. The monoisotopic (exact) mass is 331 g/mol. The Morgan fingerprint density at radius 3 is 2.23 bits per heavy atom. The summed E-state index contributed by atoms with van der Waals surface area (Å²) in [7, 11) is 1.98. The van der Waals surface area contributed by atoms with E-state index in [0.29, 0.717) is 5.92 Å². The lowest BCUT2D eigenvalue weighted by molar-refractivity contribution is -0.144. The number of amides is 2. The summed E-state index contributed by atoms with van der Waals surface area (Å²) in [5, 5.41) is 6.20. The van der Waals surface area contributed by atoms with Crippen LogP contribution in [0.25, 0.3) is 0 Å². The number of hydrogen-bond donors (Lipinski definition) is 2. The maximum absolute atomic E-state index is 13.0. The van der Waals surface area contributed by atoms with Gasteiger partial charge in [-0.1, -0.05) is 19.3 Å². The molecular weight excluding hydrogens is 302 g/mol. The highest BCUT2D eigenvalue weighted by molar-refractivity contribution is 5.91. The second-order valence-electron chi connectivity index (χ2n) is 6.62. The van der Waals surface area contributed by atoms with Crippen LogP contribution in [0, 0.1) is 5.92 Å². The fraction of sp³-hybridized carbons (Fsp3) is 0.875. The first-order chi connectivity index (χ1) is 10.1. The number of hydrogen-bond acceptors (Lipinski definition) is 3. The quantitative estimate of drug-likeness (QED) is 0.824. The Hall–Kier alpha value is -0.810. The van der Waals surface area contributed by atoms with Gasteiger partial charge in [0.1, 0.15) is 5.54 Å². The van der Waals surface area contributed by atoms with E-state index in [2.05, 4.69) is 10.6 Å². The number of carbonyl (C=O) groups excluding carboxylic acids is 2. The van der Waals surface area contributed by atoms with Crippen LogP contribution in [0.3, 0.4) is 0 Å². The largest absolute Gasteiger partial charge is 0.342 e. The highest BCUT2D eigenvalue weighted by Gasteiger charge is 2.43. The molecule has 0 aromatic heterocycles. The van der Waals surface area contributed by atoms with Crippen molar-refractivity contribution >= 4 is 24.2 Å². The molecule has 2 N–H and O–H groups in total. The molecular formula is C16H30ClN3O2. The Labute approximate surface area is 140 Å². The van der Waals surface area contributed by atoms with Gasteiger partial charge in [-0.05, 0) is 45.2 Å². The molecule has 22 heavy (non-hydrogen) atoms. The fourth-order valence-corrected chi connectivity index (χ4v) is 3.82. The minimum atomic E-state index is -0.625. The molecule has 5 nitrogen and oxygen atoms in total. The van der Waals surface area contributed by atoms with E-state index < -0.39 is 5.54 Å². The summed E-state index contributed by atoms with van der Waals surface area (Å²) in [5.41, 5.74) is -0.625. The van der Waals surface area contributed by atoms with Crippen LogP contribution in [-0.4, -0.2) is 48.9 Å². The van der Waals surface area contributed by atoms with E-state index in [1.165, 1.54) is 13.3 Å². The van der Waals surface area contributed by atoms with Gasteiger partial charge in [0.2, 0.25) is 11.8 Å². The summed E-state index contributed by atoms with van der Waals surface area (Å²) in [6.45, 7) is 4.20. The molecule has 128 valence electrons. The zero-order chi connectivity index (χ0) is 15.3. The molecule has 2 rings (SSSR count). The normalized spacial score (nSPS) is 21.8. The van der Waals surface area contributed by atoms with Gasteiger partial charge in [0.05, 0.1) is 0 Å². The first-order valence-corrected chi connectivity index (χ1v) is 8.30. The maximum Gasteiger partial charge on any atom is 0.248 e. The lowest BCUT2D eigenvalue weighted by Gasteiger charge is -2.42. The highest BCUT2D eigenvalue weighted by Crippen LogP contribution is 2.31. The minimum absolute atomic E-state index is 0. The van der Waals surface area contributed by atoms with E-state index in [1.807, 2.05) is 11.9 Å². The first-order valence-electron chi connectivity index (χ1n) is 8.30. The van der Waals surface area contributed by atoms with Crippen molar-refractivity contribution in [1.29, 1.82) is 0 Å². The number of nitrogens with zero attached hydrogens (tertiary/aromatic N) is 1. The second kappa shape index (κ2) is 8.73. The van der Waals surface area contributed by atoms with Gasteiger partial charge in [-0.3, -0.25) is 9.59 Å². The summed E-state index contributed by atoms with van der Waals surface area (Å²) < 4.78 is 0. The molecule has 1 heterocycles. The average Bonchev–Trinajstić information content (AvgIpc) is 2.48. The minimum Gasteiger partial charge on any atom is -0.342 e. The Balaban J connectivity index is 0.00000242. The summed E-state index contributed by atoms with van der Waals surface area (Å²) in [6, 6.07) is 0. The molecule has 2 fully saturated rings. The van der Waals surface area contributed by atoms with E-state index in [1.54, 1.807) is 0 Å². The van der Waals surface area contributed by atoms with Gasteiger partial charge in [-0.15, -0.1) is 12.4 Å². The van der Waals surface area contributed by atoms with Crippen LogP contribution in [0.2, 0.25) is 0 Å². The van der Waals surface area contributed by atoms with E-state index in [9.17, 15) is 9.59 Å². The van der Waals surface area contributed by atoms with Crippen molar-refractivity contribution in [2.45, 2.75) is 57.4 Å². The fourth-order valence-electron chi connectivity index (χ4n) is 3.82. The summed E-state index contributed by atoms with van der Waals surface area (Å²) in [5.74, 6) is 0.734. The molecule has 0 radical (unpaired) electrons. The van der Waals surface area contributed by atoms with Crippen LogP contribution >= 0.6 is 12.4 Å². The van der Waals surface area contributed by atoms with Crippen molar-refractivity contribution in [3.8, 4) is 0 Å². The van der Waals surface area contributed by atoms with Crippen molar-refractivity contribution in [2.75, 3.05) is 26.7 Å². The van der Waals surface area contributed by atoms with Crippen molar-refractivity contribution in [2.24, 2.45) is 5.92 Å². The zero-order valence-corrected chi connectivity index (χ0v) is 14.6. The molecule has 1 saturated heterocycles. The Morgan fingerprint density at radius 1 is 1.14 bits per heavy atom. The number of likely N-dealkylation sites (tertiary alicyclic amines) is 1. The zero-order valence-electron chi connectivity index (χ0n) is 13.8. The van der Waals surface area contributed by atoms with Crippen LogP contribution < -0.4 is 10.6 Å². The molecule has 0 aromatic carbocycles. The molecule has 0 aromatic rings. The van der Waals surface area contributed by atoms with E-state index in [0.717, 1.165) is 58.2 Å². The lowest BCUT2D eigenvalue weighted by Crippen LogP contribution is -2.61. The first kappa shape index (κ1) is 19.2. The van der Waals surface area contributed by atoms with E-state index in [-0.39, 0.29) is 24.2 Å². The summed E-state index contributed by atoms with van der Waals surface area (Å²) >= 11 is 0. The van der Waals surface area contributed by atoms with Gasteiger partial charge in [-0.25, -0.2) is 0 Å². The number of nitrogens with one attached hydrogen (secondary N) is 2. The third kappa shape index (κ3) is 4.59. The van der Waals surface area contributed by atoms with Gasteiger partial charge < -0.3 is 15.5 Å². The van der Waals surface area contributed by atoms with Crippen LogP contribution in [0.5, 0.6) is 0 Å². The van der Waals surface area contributed by atoms with Crippen molar-refractivity contribution in [1.82, 2.24) is 15.5 Å². The van der Waals surface area contributed by atoms with Gasteiger partial charge >= 0.3 is 0 Å². The molecule has 0 atom stereocenters. The van der Waals surface area contributed by atoms with Crippen molar-refractivity contribution < 1.29 is 9.59 Å². The van der Waals surface area contributed by atoms with Crippen LogP contribution in [0.1, 0.15) is 51.9 Å². The lowest BCUT2D eigenvalue weighted by atomic mass is 9.79. The Morgan fingerprint density at radius 2 is 1.73 bits per heavy atom.